The zero-order valence-corrected chi connectivity index (χ0v) is 15.7. The maximum atomic E-state index is 12.8. The number of amides is 2. The van der Waals surface area contributed by atoms with Crippen LogP contribution in [0.5, 0.6) is 5.75 Å². The molecule has 1 aromatic carbocycles. The van der Waals surface area contributed by atoms with Crippen molar-refractivity contribution in [2.75, 3.05) is 51.3 Å². The van der Waals surface area contributed by atoms with E-state index in [1.165, 1.54) is 0 Å². The van der Waals surface area contributed by atoms with E-state index in [0.717, 1.165) is 16.3 Å². The summed E-state index contributed by atoms with van der Waals surface area (Å²) < 4.78 is 43.2. The van der Waals surface area contributed by atoms with Gasteiger partial charge in [-0.2, -0.15) is 13.2 Å². The maximum Gasteiger partial charge on any atom is 0.471 e. The van der Waals surface area contributed by atoms with Crippen LogP contribution in [-0.4, -0.2) is 74.2 Å². The van der Waals surface area contributed by atoms with Crippen LogP contribution in [0.3, 0.4) is 0 Å². The quantitative estimate of drug-likeness (QED) is 0.782. The van der Waals surface area contributed by atoms with Gasteiger partial charge in [-0.25, -0.2) is 0 Å². The van der Waals surface area contributed by atoms with Crippen molar-refractivity contribution < 1.29 is 27.5 Å². The number of carbonyl (C=O) groups excluding carboxylic acids is 2. The van der Waals surface area contributed by atoms with Gasteiger partial charge in [-0.3, -0.25) is 9.59 Å². The van der Waals surface area contributed by atoms with Crippen LogP contribution in [0.15, 0.2) is 24.3 Å². The highest BCUT2D eigenvalue weighted by molar-refractivity contribution is 5.84. The van der Waals surface area contributed by atoms with Crippen molar-refractivity contribution in [3.8, 4) is 5.75 Å². The Hall–Kier alpha value is -2.45. The second-order valence-electron chi connectivity index (χ2n) is 7.10. The van der Waals surface area contributed by atoms with Crippen LogP contribution in [0.25, 0.3) is 0 Å². The Balaban J connectivity index is 1.55. The van der Waals surface area contributed by atoms with Crippen LogP contribution in [0, 0.1) is 5.92 Å². The standard InChI is InChI=1S/C19H24F3N3O3/c1-28-16-6-4-15(5-7-16)23-9-11-24(12-10-23)17(26)14-3-2-8-25(13-14)18(27)19(20,21)22/h4-7,14H,2-3,8-13H2,1H3. The SMILES string of the molecule is COc1ccc(N2CCN(C(=O)C3CCCN(C(=O)C(F)(F)F)C3)CC2)cc1. The fraction of sp³-hybridized carbons (Fsp3) is 0.579. The van der Waals surface area contributed by atoms with Gasteiger partial charge in [0.25, 0.3) is 0 Å². The van der Waals surface area contributed by atoms with Crippen molar-refractivity contribution in [1.29, 1.82) is 0 Å². The first-order chi connectivity index (χ1) is 13.3. The molecule has 2 amide bonds. The molecular formula is C19H24F3N3O3. The van der Waals surface area contributed by atoms with Crippen LogP contribution in [0.2, 0.25) is 0 Å². The summed E-state index contributed by atoms with van der Waals surface area (Å²) >= 11 is 0. The molecule has 0 aliphatic carbocycles. The summed E-state index contributed by atoms with van der Waals surface area (Å²) in [7, 11) is 1.61. The average molecular weight is 399 g/mol. The Bertz CT molecular complexity index is 701. The summed E-state index contributed by atoms with van der Waals surface area (Å²) in [5.74, 6) is -1.80. The number of piperazine rings is 1. The van der Waals surface area contributed by atoms with Gasteiger partial charge in [0.05, 0.1) is 13.0 Å². The number of ether oxygens (including phenoxy) is 1. The third-order valence-electron chi connectivity index (χ3n) is 5.33. The second-order valence-corrected chi connectivity index (χ2v) is 7.10. The third kappa shape index (κ3) is 4.51. The lowest BCUT2D eigenvalue weighted by Gasteiger charge is -2.39. The second kappa shape index (κ2) is 8.28. The zero-order valence-electron chi connectivity index (χ0n) is 15.7. The molecule has 1 aromatic rings. The van der Waals surface area contributed by atoms with Crippen molar-refractivity contribution in [3.05, 3.63) is 24.3 Å². The number of nitrogens with zero attached hydrogens (tertiary/aromatic N) is 3. The highest BCUT2D eigenvalue weighted by Gasteiger charge is 2.44. The zero-order chi connectivity index (χ0) is 20.3. The van der Waals surface area contributed by atoms with E-state index in [2.05, 4.69) is 4.90 Å². The van der Waals surface area contributed by atoms with E-state index in [1.807, 2.05) is 24.3 Å². The number of hydrogen-bond donors (Lipinski definition) is 0. The van der Waals surface area contributed by atoms with Crippen LogP contribution < -0.4 is 9.64 Å². The molecule has 0 aromatic heterocycles. The maximum absolute atomic E-state index is 12.8. The van der Waals surface area contributed by atoms with Gasteiger partial charge in [0.1, 0.15) is 5.75 Å². The number of likely N-dealkylation sites (tertiary alicyclic amines) is 1. The lowest BCUT2D eigenvalue weighted by atomic mass is 9.96. The molecule has 2 heterocycles. The van der Waals surface area contributed by atoms with E-state index < -0.39 is 18.0 Å². The number of hydrogen-bond acceptors (Lipinski definition) is 4. The molecule has 2 saturated heterocycles. The molecule has 1 atom stereocenters. The minimum absolute atomic E-state index is 0.0490. The summed E-state index contributed by atoms with van der Waals surface area (Å²) in [5, 5.41) is 0. The van der Waals surface area contributed by atoms with Crippen LogP contribution in [0.4, 0.5) is 18.9 Å². The predicted octanol–water partition coefficient (Wildman–Crippen LogP) is 2.14. The predicted molar refractivity (Wildman–Crippen MR) is 97.1 cm³/mol. The smallest absolute Gasteiger partial charge is 0.471 e. The number of anilines is 1. The van der Waals surface area contributed by atoms with Gasteiger partial charge in [-0.05, 0) is 37.1 Å². The van der Waals surface area contributed by atoms with Gasteiger partial charge in [-0.15, -0.1) is 0 Å². The van der Waals surface area contributed by atoms with E-state index in [0.29, 0.717) is 39.0 Å². The van der Waals surface area contributed by atoms with E-state index in [9.17, 15) is 22.8 Å². The number of halogens is 3. The first-order valence-corrected chi connectivity index (χ1v) is 9.33. The number of benzene rings is 1. The number of alkyl halides is 3. The van der Waals surface area contributed by atoms with Crippen molar-refractivity contribution in [3.63, 3.8) is 0 Å². The molecule has 0 spiro atoms. The summed E-state index contributed by atoms with van der Waals surface area (Å²) in [6, 6.07) is 7.67. The monoisotopic (exact) mass is 399 g/mol. The molecule has 154 valence electrons. The average Bonchev–Trinajstić information content (AvgIpc) is 2.72. The van der Waals surface area contributed by atoms with Crippen molar-refractivity contribution in [2.24, 2.45) is 5.92 Å². The summed E-state index contributed by atoms with van der Waals surface area (Å²) in [6.07, 6.45) is -3.97. The van der Waals surface area contributed by atoms with Gasteiger partial charge in [-0.1, -0.05) is 0 Å². The van der Waals surface area contributed by atoms with E-state index >= 15 is 0 Å². The van der Waals surface area contributed by atoms with Crippen molar-refractivity contribution in [2.45, 2.75) is 19.0 Å². The molecule has 0 radical (unpaired) electrons. The molecule has 2 aliphatic rings. The highest BCUT2D eigenvalue weighted by atomic mass is 19.4. The Morgan fingerprint density at radius 3 is 2.21 bits per heavy atom. The van der Waals surface area contributed by atoms with E-state index in [4.69, 9.17) is 4.74 Å². The molecule has 28 heavy (non-hydrogen) atoms. The lowest BCUT2D eigenvalue weighted by molar-refractivity contribution is -0.187. The fourth-order valence-electron chi connectivity index (χ4n) is 3.78. The number of rotatable bonds is 3. The molecule has 2 fully saturated rings. The van der Waals surface area contributed by atoms with Crippen molar-refractivity contribution in [1.82, 2.24) is 9.80 Å². The summed E-state index contributed by atoms with van der Waals surface area (Å²) in [6.45, 7) is 2.21. The topological polar surface area (TPSA) is 53.1 Å². The highest BCUT2D eigenvalue weighted by Crippen LogP contribution is 2.26. The molecule has 3 rings (SSSR count). The lowest BCUT2D eigenvalue weighted by Crippen LogP contribution is -2.54. The molecule has 1 unspecified atom stereocenters. The normalized spacial score (nSPS) is 20.9. The molecule has 0 saturated carbocycles. The number of piperidine rings is 1. The Kier molecular flexibility index (Phi) is 6.00. The Labute approximate surface area is 161 Å². The van der Waals surface area contributed by atoms with Gasteiger partial charge in [0, 0.05) is 45.0 Å². The van der Waals surface area contributed by atoms with Crippen LogP contribution in [0.1, 0.15) is 12.8 Å². The molecular weight excluding hydrogens is 375 g/mol. The first kappa shape index (κ1) is 20.3. The summed E-state index contributed by atoms with van der Waals surface area (Å²) in [5.41, 5.74) is 1.03. The van der Waals surface area contributed by atoms with Gasteiger partial charge in [0.15, 0.2) is 0 Å². The van der Waals surface area contributed by atoms with Gasteiger partial charge >= 0.3 is 12.1 Å². The molecule has 2 aliphatic heterocycles. The third-order valence-corrected chi connectivity index (χ3v) is 5.33. The van der Waals surface area contributed by atoms with Crippen LogP contribution >= 0.6 is 0 Å². The van der Waals surface area contributed by atoms with Crippen LogP contribution in [-0.2, 0) is 9.59 Å². The van der Waals surface area contributed by atoms with Gasteiger partial charge in [0.2, 0.25) is 5.91 Å². The minimum atomic E-state index is -4.89. The van der Waals surface area contributed by atoms with E-state index in [-0.39, 0.29) is 19.0 Å². The fourth-order valence-corrected chi connectivity index (χ4v) is 3.78. The summed E-state index contributed by atoms with van der Waals surface area (Å²) in [4.78, 5) is 28.9. The number of carbonyl (C=O) groups is 2. The van der Waals surface area contributed by atoms with Crippen molar-refractivity contribution >= 4 is 17.5 Å². The number of methoxy groups -OCH3 is 1. The van der Waals surface area contributed by atoms with E-state index in [1.54, 1.807) is 12.0 Å². The first-order valence-electron chi connectivity index (χ1n) is 9.33. The molecule has 0 bridgehead atoms. The molecule has 6 nitrogen and oxygen atoms in total. The minimum Gasteiger partial charge on any atom is -0.497 e. The molecule has 0 N–H and O–H groups in total. The largest absolute Gasteiger partial charge is 0.497 e. The Morgan fingerprint density at radius 2 is 1.64 bits per heavy atom. The van der Waals surface area contributed by atoms with Gasteiger partial charge < -0.3 is 19.4 Å². The Morgan fingerprint density at radius 1 is 1.00 bits per heavy atom. The molecule has 9 heteroatoms.